The fourth-order valence-electron chi connectivity index (χ4n) is 2.40. The van der Waals surface area contributed by atoms with Gasteiger partial charge in [-0.1, -0.05) is 41.9 Å². The second-order valence-corrected chi connectivity index (χ2v) is 7.01. The van der Waals surface area contributed by atoms with Crippen LogP contribution in [0.1, 0.15) is 12.6 Å². The van der Waals surface area contributed by atoms with E-state index in [0.29, 0.717) is 16.3 Å². The minimum absolute atomic E-state index is 0.457. The van der Waals surface area contributed by atoms with Crippen LogP contribution in [-0.2, 0) is 4.79 Å². The van der Waals surface area contributed by atoms with Crippen molar-refractivity contribution in [3.05, 3.63) is 74.5 Å². The van der Waals surface area contributed by atoms with Crippen LogP contribution in [0, 0.1) is 3.57 Å². The van der Waals surface area contributed by atoms with Gasteiger partial charge >= 0.3 is 0 Å². The van der Waals surface area contributed by atoms with Gasteiger partial charge in [-0.25, -0.2) is 4.68 Å². The summed E-state index contributed by atoms with van der Waals surface area (Å²) in [5.41, 5.74) is 9.37. The van der Waals surface area contributed by atoms with Gasteiger partial charge in [0.05, 0.1) is 20.6 Å². The maximum Gasteiger partial charge on any atom is 0.244 e. The predicted molar refractivity (Wildman–Crippen MR) is 110 cm³/mol. The van der Waals surface area contributed by atoms with E-state index in [1.807, 2.05) is 59.3 Å². The first-order valence-corrected chi connectivity index (χ1v) is 9.01. The molecule has 6 heteroatoms. The number of rotatable bonds is 4. The summed E-state index contributed by atoms with van der Waals surface area (Å²) < 4.78 is 2.80. The van der Waals surface area contributed by atoms with E-state index in [2.05, 4.69) is 22.6 Å². The molecule has 3 aromatic rings. The number of amides is 1. The molecule has 0 saturated carbocycles. The van der Waals surface area contributed by atoms with E-state index in [9.17, 15) is 4.79 Å². The molecule has 1 amide bonds. The van der Waals surface area contributed by atoms with Crippen LogP contribution in [0.4, 0.5) is 0 Å². The summed E-state index contributed by atoms with van der Waals surface area (Å²) in [5, 5.41) is 5.37. The lowest BCUT2D eigenvalue weighted by atomic mass is 10.1. The Morgan fingerprint density at radius 1 is 1.16 bits per heavy atom. The van der Waals surface area contributed by atoms with Gasteiger partial charge in [0.15, 0.2) is 0 Å². The molecule has 4 nitrogen and oxygen atoms in total. The zero-order valence-electron chi connectivity index (χ0n) is 13.4. The lowest BCUT2D eigenvalue weighted by Gasteiger charge is -2.08. The summed E-state index contributed by atoms with van der Waals surface area (Å²) >= 11 is 8.26. The van der Waals surface area contributed by atoms with Crippen molar-refractivity contribution in [2.75, 3.05) is 0 Å². The van der Waals surface area contributed by atoms with Gasteiger partial charge in [-0.3, -0.25) is 4.79 Å². The highest BCUT2D eigenvalue weighted by molar-refractivity contribution is 14.1. The van der Waals surface area contributed by atoms with Crippen LogP contribution in [0.2, 0.25) is 5.02 Å². The third-order valence-corrected chi connectivity index (χ3v) is 5.03. The molecule has 0 bridgehead atoms. The number of hydrogen-bond donors (Lipinski definition) is 1. The Labute approximate surface area is 164 Å². The topological polar surface area (TPSA) is 60.9 Å². The van der Waals surface area contributed by atoms with Gasteiger partial charge in [-0.05, 0) is 59.9 Å². The van der Waals surface area contributed by atoms with Crippen LogP contribution >= 0.6 is 34.2 Å². The smallest absolute Gasteiger partial charge is 0.244 e. The molecule has 0 aliphatic carbocycles. The standard InChI is InChI=1S/C19H15ClIN3O/c1-12(19(22)25)11-16-17(21)18(13-7-9-14(20)10-8-13)24(23-16)15-5-3-2-4-6-15/h2-11H,1H3,(H2,22,25)/b12-11-. The minimum atomic E-state index is -0.460. The van der Waals surface area contributed by atoms with Crippen molar-refractivity contribution in [1.82, 2.24) is 9.78 Å². The molecule has 0 unspecified atom stereocenters. The molecule has 0 fully saturated rings. The average Bonchev–Trinajstić information content (AvgIpc) is 2.93. The molecule has 3 rings (SSSR count). The van der Waals surface area contributed by atoms with Gasteiger partial charge in [-0.2, -0.15) is 5.10 Å². The van der Waals surface area contributed by atoms with Crippen molar-refractivity contribution in [2.24, 2.45) is 5.73 Å². The molecule has 126 valence electrons. The maximum absolute atomic E-state index is 11.4. The van der Waals surface area contributed by atoms with Crippen LogP contribution < -0.4 is 5.73 Å². The van der Waals surface area contributed by atoms with Crippen molar-refractivity contribution >= 4 is 46.2 Å². The van der Waals surface area contributed by atoms with Gasteiger partial charge < -0.3 is 5.73 Å². The fourth-order valence-corrected chi connectivity index (χ4v) is 3.33. The molecule has 0 aliphatic rings. The second kappa shape index (κ2) is 7.41. The summed E-state index contributed by atoms with van der Waals surface area (Å²) in [6, 6.07) is 17.4. The van der Waals surface area contributed by atoms with Gasteiger partial charge in [-0.15, -0.1) is 0 Å². The van der Waals surface area contributed by atoms with Crippen molar-refractivity contribution in [3.8, 4) is 16.9 Å². The summed E-state index contributed by atoms with van der Waals surface area (Å²) in [7, 11) is 0. The Morgan fingerprint density at radius 2 is 1.80 bits per heavy atom. The Bertz CT molecular complexity index is 947. The zero-order valence-corrected chi connectivity index (χ0v) is 16.3. The van der Waals surface area contributed by atoms with Crippen molar-refractivity contribution < 1.29 is 4.79 Å². The molecule has 2 N–H and O–H groups in total. The first-order chi connectivity index (χ1) is 12.0. The van der Waals surface area contributed by atoms with E-state index >= 15 is 0 Å². The third-order valence-electron chi connectivity index (χ3n) is 3.71. The Balaban J connectivity index is 2.24. The van der Waals surface area contributed by atoms with Crippen LogP contribution in [0.5, 0.6) is 0 Å². The summed E-state index contributed by atoms with van der Waals surface area (Å²) in [5.74, 6) is -0.460. The first kappa shape index (κ1) is 17.7. The van der Waals surface area contributed by atoms with Gasteiger partial charge in [0.1, 0.15) is 0 Å². The predicted octanol–water partition coefficient (Wildman–Crippen LogP) is 4.69. The SMILES string of the molecule is C/C(=C/c1nn(-c2ccccc2)c(-c2ccc(Cl)cc2)c1I)C(N)=O. The highest BCUT2D eigenvalue weighted by atomic mass is 127. The molecule has 1 aromatic heterocycles. The van der Waals surface area contributed by atoms with Crippen LogP contribution in [0.25, 0.3) is 23.0 Å². The minimum Gasteiger partial charge on any atom is -0.366 e. The van der Waals surface area contributed by atoms with E-state index in [1.165, 1.54) is 0 Å². The number of para-hydroxylation sites is 1. The summed E-state index contributed by atoms with van der Waals surface area (Å²) in [6.45, 7) is 1.68. The molecule has 25 heavy (non-hydrogen) atoms. The third kappa shape index (κ3) is 3.77. The quantitative estimate of drug-likeness (QED) is 0.451. The molecular formula is C19H15ClIN3O. The summed E-state index contributed by atoms with van der Waals surface area (Å²) in [6.07, 6.45) is 1.71. The molecule has 0 aliphatic heterocycles. The lowest BCUT2D eigenvalue weighted by Crippen LogP contribution is -2.11. The van der Waals surface area contributed by atoms with E-state index in [4.69, 9.17) is 22.4 Å². The Hall–Kier alpha value is -2.12. The monoisotopic (exact) mass is 463 g/mol. The molecule has 0 saturated heterocycles. The highest BCUT2D eigenvalue weighted by Crippen LogP contribution is 2.32. The average molecular weight is 464 g/mol. The van der Waals surface area contributed by atoms with E-state index < -0.39 is 5.91 Å². The number of benzene rings is 2. The molecule has 0 spiro atoms. The van der Waals surface area contributed by atoms with E-state index in [1.54, 1.807) is 13.0 Å². The van der Waals surface area contributed by atoms with Crippen molar-refractivity contribution in [2.45, 2.75) is 6.92 Å². The molecule has 1 heterocycles. The van der Waals surface area contributed by atoms with E-state index in [0.717, 1.165) is 20.5 Å². The molecule has 0 atom stereocenters. The summed E-state index contributed by atoms with van der Waals surface area (Å²) in [4.78, 5) is 11.4. The highest BCUT2D eigenvalue weighted by Gasteiger charge is 2.18. The van der Waals surface area contributed by atoms with Crippen LogP contribution in [0.15, 0.2) is 60.2 Å². The maximum atomic E-state index is 11.4. The van der Waals surface area contributed by atoms with Gasteiger partial charge in [0, 0.05) is 16.2 Å². The number of nitrogens with two attached hydrogens (primary N) is 1. The number of carbonyl (C=O) groups is 1. The van der Waals surface area contributed by atoms with Crippen LogP contribution in [-0.4, -0.2) is 15.7 Å². The number of primary amides is 1. The number of hydrogen-bond acceptors (Lipinski definition) is 2. The number of nitrogens with zero attached hydrogens (tertiary/aromatic N) is 2. The van der Waals surface area contributed by atoms with E-state index in [-0.39, 0.29) is 0 Å². The molecule has 0 radical (unpaired) electrons. The first-order valence-electron chi connectivity index (χ1n) is 7.55. The molecular weight excluding hydrogens is 449 g/mol. The van der Waals surface area contributed by atoms with Gasteiger partial charge in [0.2, 0.25) is 5.91 Å². The van der Waals surface area contributed by atoms with Gasteiger partial charge in [0.25, 0.3) is 0 Å². The van der Waals surface area contributed by atoms with Crippen LogP contribution in [0.3, 0.4) is 0 Å². The van der Waals surface area contributed by atoms with Crippen molar-refractivity contribution in [3.63, 3.8) is 0 Å². The zero-order chi connectivity index (χ0) is 18.0. The van der Waals surface area contributed by atoms with Crippen molar-refractivity contribution in [1.29, 1.82) is 0 Å². The number of halogens is 2. The largest absolute Gasteiger partial charge is 0.366 e. The Morgan fingerprint density at radius 3 is 2.40 bits per heavy atom. The fraction of sp³-hybridized carbons (Fsp3) is 0.0526. The normalized spacial score (nSPS) is 11.6. The Kier molecular flexibility index (Phi) is 5.24. The number of aromatic nitrogens is 2. The number of carbonyl (C=O) groups excluding carboxylic acids is 1. The second-order valence-electron chi connectivity index (χ2n) is 5.49. The molecule has 2 aromatic carbocycles. The lowest BCUT2D eigenvalue weighted by molar-refractivity contribution is -0.114.